The van der Waals surface area contributed by atoms with Gasteiger partial charge in [0.15, 0.2) is 5.78 Å². The van der Waals surface area contributed by atoms with Crippen LogP contribution in [-0.2, 0) is 6.42 Å². The van der Waals surface area contributed by atoms with Crippen molar-refractivity contribution in [3.8, 4) is 11.5 Å². The van der Waals surface area contributed by atoms with Crippen molar-refractivity contribution in [3.63, 3.8) is 0 Å². The van der Waals surface area contributed by atoms with Gasteiger partial charge in [0.25, 0.3) is 0 Å². The van der Waals surface area contributed by atoms with E-state index in [2.05, 4.69) is 6.92 Å². The molecule has 0 aliphatic rings. The van der Waals surface area contributed by atoms with Crippen LogP contribution in [0.1, 0.15) is 126 Å². The van der Waals surface area contributed by atoms with Gasteiger partial charge in [-0.15, -0.1) is 0 Å². The molecule has 0 saturated carbocycles. The molecule has 0 amide bonds. The lowest BCUT2D eigenvalue weighted by molar-refractivity contribution is 0.101. The van der Waals surface area contributed by atoms with E-state index in [1.165, 1.54) is 96.8 Å². The number of hydrogen-bond donors (Lipinski definition) is 1. The number of carbonyl (C=O) groups is 1. The van der Waals surface area contributed by atoms with Crippen LogP contribution in [0.4, 0.5) is 0 Å². The summed E-state index contributed by atoms with van der Waals surface area (Å²) in [5.74, 6) is 0.645. The molecule has 1 aromatic carbocycles. The molecule has 0 aliphatic heterocycles. The lowest BCUT2D eigenvalue weighted by Gasteiger charge is -2.11. The van der Waals surface area contributed by atoms with Crippen LogP contribution in [0.3, 0.4) is 0 Å². The van der Waals surface area contributed by atoms with E-state index in [-0.39, 0.29) is 11.5 Å². The van der Waals surface area contributed by atoms with Crippen LogP contribution < -0.4 is 4.74 Å². The van der Waals surface area contributed by atoms with E-state index in [1.807, 2.05) is 6.07 Å². The van der Waals surface area contributed by atoms with Crippen molar-refractivity contribution in [2.75, 3.05) is 7.11 Å². The zero-order valence-corrected chi connectivity index (χ0v) is 19.2. The molecule has 0 unspecified atom stereocenters. The smallest absolute Gasteiger partial charge is 0.163 e. The molecule has 0 radical (unpaired) electrons. The molecule has 0 fully saturated rings. The van der Waals surface area contributed by atoms with Crippen LogP contribution in [0, 0.1) is 0 Å². The Balaban J connectivity index is 2.05. The number of ketones is 1. The Hall–Kier alpha value is -1.51. The maximum absolute atomic E-state index is 11.7. The quantitative estimate of drug-likeness (QED) is 0.199. The largest absolute Gasteiger partial charge is 0.507 e. The van der Waals surface area contributed by atoms with Gasteiger partial charge in [-0.25, -0.2) is 0 Å². The van der Waals surface area contributed by atoms with E-state index in [0.29, 0.717) is 11.3 Å². The fourth-order valence-electron chi connectivity index (χ4n) is 3.93. The van der Waals surface area contributed by atoms with Gasteiger partial charge >= 0.3 is 0 Å². The third-order valence-corrected chi connectivity index (χ3v) is 5.83. The van der Waals surface area contributed by atoms with E-state index in [1.54, 1.807) is 13.2 Å². The fourth-order valence-corrected chi connectivity index (χ4v) is 3.93. The van der Waals surface area contributed by atoms with E-state index in [9.17, 15) is 9.90 Å². The Morgan fingerprint density at radius 1 is 0.793 bits per heavy atom. The second-order valence-corrected chi connectivity index (χ2v) is 8.44. The van der Waals surface area contributed by atoms with Gasteiger partial charge in [-0.2, -0.15) is 0 Å². The molecular weight excluding hydrogens is 360 g/mol. The first-order valence-corrected chi connectivity index (χ1v) is 12.0. The van der Waals surface area contributed by atoms with Crippen LogP contribution >= 0.6 is 0 Å². The zero-order valence-electron chi connectivity index (χ0n) is 19.2. The predicted octanol–water partition coefficient (Wildman–Crippen LogP) is 8.02. The SMILES string of the molecule is CCCCCCCCCCCCCCCCCc1cc(OC)cc(C(C)=O)c1O. The monoisotopic (exact) mass is 404 g/mol. The Labute approximate surface area is 179 Å². The molecule has 0 aromatic heterocycles. The summed E-state index contributed by atoms with van der Waals surface area (Å²) in [6.45, 7) is 3.75. The van der Waals surface area contributed by atoms with Crippen molar-refractivity contribution in [2.45, 2.75) is 117 Å². The number of aromatic hydroxyl groups is 1. The molecule has 0 aliphatic carbocycles. The lowest BCUT2D eigenvalue weighted by Crippen LogP contribution is -1.99. The fraction of sp³-hybridized carbons (Fsp3) is 0.731. The number of rotatable bonds is 18. The molecule has 0 bridgehead atoms. The molecule has 3 heteroatoms. The standard InChI is InChI=1S/C26H44O3/c1-4-5-6-7-8-9-10-11-12-13-14-15-16-17-18-19-23-20-24(29-3)21-25(22(2)27)26(23)28/h20-21,28H,4-19H2,1-3H3. The highest BCUT2D eigenvalue weighted by Gasteiger charge is 2.13. The predicted molar refractivity (Wildman–Crippen MR) is 123 cm³/mol. The Morgan fingerprint density at radius 2 is 1.24 bits per heavy atom. The molecule has 1 N–H and O–H groups in total. The summed E-state index contributed by atoms with van der Waals surface area (Å²) in [4.78, 5) is 11.7. The van der Waals surface area contributed by atoms with Gasteiger partial charge in [0.1, 0.15) is 11.5 Å². The Bertz CT molecular complexity index is 565. The van der Waals surface area contributed by atoms with E-state index < -0.39 is 0 Å². The first-order chi connectivity index (χ1) is 14.1. The maximum atomic E-state index is 11.7. The van der Waals surface area contributed by atoms with E-state index in [0.717, 1.165) is 18.4 Å². The third kappa shape index (κ3) is 11.3. The number of ether oxygens (including phenoxy) is 1. The molecule has 0 saturated heterocycles. The zero-order chi connectivity index (χ0) is 21.3. The average molecular weight is 405 g/mol. The molecule has 0 atom stereocenters. The van der Waals surface area contributed by atoms with Crippen LogP contribution in [0.2, 0.25) is 0 Å². The first-order valence-electron chi connectivity index (χ1n) is 12.0. The molecule has 0 spiro atoms. The highest BCUT2D eigenvalue weighted by atomic mass is 16.5. The number of carbonyl (C=O) groups excluding carboxylic acids is 1. The number of aryl methyl sites for hydroxylation is 1. The van der Waals surface area contributed by atoms with E-state index in [4.69, 9.17) is 4.74 Å². The normalized spacial score (nSPS) is 11.0. The van der Waals surface area contributed by atoms with Gasteiger partial charge in [-0.05, 0) is 37.5 Å². The van der Waals surface area contributed by atoms with Crippen LogP contribution in [0.15, 0.2) is 12.1 Å². The highest BCUT2D eigenvalue weighted by molar-refractivity contribution is 5.97. The van der Waals surface area contributed by atoms with Crippen molar-refractivity contribution in [1.82, 2.24) is 0 Å². The number of hydrogen-bond acceptors (Lipinski definition) is 3. The van der Waals surface area contributed by atoms with Gasteiger partial charge in [-0.3, -0.25) is 4.79 Å². The van der Waals surface area contributed by atoms with Crippen molar-refractivity contribution in [1.29, 1.82) is 0 Å². The second-order valence-electron chi connectivity index (χ2n) is 8.44. The summed E-state index contributed by atoms with van der Waals surface area (Å²) >= 11 is 0. The molecular formula is C26H44O3. The van der Waals surface area contributed by atoms with Crippen LogP contribution in [0.25, 0.3) is 0 Å². The minimum Gasteiger partial charge on any atom is -0.507 e. The summed E-state index contributed by atoms with van der Waals surface area (Å²) < 4.78 is 5.27. The topological polar surface area (TPSA) is 46.5 Å². The van der Waals surface area contributed by atoms with Gasteiger partial charge in [0.2, 0.25) is 0 Å². The summed E-state index contributed by atoms with van der Waals surface area (Å²) in [7, 11) is 1.59. The van der Waals surface area contributed by atoms with Crippen molar-refractivity contribution >= 4 is 5.78 Å². The molecule has 166 valence electrons. The minimum atomic E-state index is -0.126. The minimum absolute atomic E-state index is 0.126. The van der Waals surface area contributed by atoms with Crippen molar-refractivity contribution in [2.24, 2.45) is 0 Å². The number of methoxy groups -OCH3 is 1. The molecule has 29 heavy (non-hydrogen) atoms. The Kier molecular flexibility index (Phi) is 14.4. The van der Waals surface area contributed by atoms with E-state index >= 15 is 0 Å². The summed E-state index contributed by atoms with van der Waals surface area (Å²) in [6.07, 6.45) is 20.9. The number of Topliss-reactive ketones (excluding diaryl/α,β-unsaturated/α-hetero) is 1. The van der Waals surface area contributed by atoms with Crippen LogP contribution in [0.5, 0.6) is 11.5 Å². The highest BCUT2D eigenvalue weighted by Crippen LogP contribution is 2.30. The van der Waals surface area contributed by atoms with Crippen LogP contribution in [-0.4, -0.2) is 18.0 Å². The van der Waals surface area contributed by atoms with Crippen molar-refractivity contribution in [3.05, 3.63) is 23.3 Å². The number of phenolic OH excluding ortho intramolecular Hbond substituents is 1. The number of unbranched alkanes of at least 4 members (excludes halogenated alkanes) is 14. The number of benzene rings is 1. The molecule has 0 heterocycles. The average Bonchev–Trinajstić information content (AvgIpc) is 2.71. The third-order valence-electron chi connectivity index (χ3n) is 5.83. The van der Waals surface area contributed by atoms with Crippen molar-refractivity contribution < 1.29 is 14.6 Å². The molecule has 3 nitrogen and oxygen atoms in total. The molecule has 1 rings (SSSR count). The van der Waals surface area contributed by atoms with Gasteiger partial charge in [0, 0.05) is 0 Å². The lowest BCUT2D eigenvalue weighted by atomic mass is 9.99. The van der Waals surface area contributed by atoms with Gasteiger partial charge < -0.3 is 9.84 Å². The Morgan fingerprint density at radius 3 is 1.66 bits per heavy atom. The summed E-state index contributed by atoms with van der Waals surface area (Å²) in [5.41, 5.74) is 1.18. The maximum Gasteiger partial charge on any atom is 0.163 e. The van der Waals surface area contributed by atoms with Gasteiger partial charge in [0.05, 0.1) is 12.7 Å². The van der Waals surface area contributed by atoms with Gasteiger partial charge in [-0.1, -0.05) is 96.8 Å². The second kappa shape index (κ2) is 16.3. The summed E-state index contributed by atoms with van der Waals surface area (Å²) in [5, 5.41) is 10.3. The molecule has 1 aromatic rings. The summed E-state index contributed by atoms with van der Waals surface area (Å²) in [6, 6.07) is 3.47. The first kappa shape index (κ1) is 25.5. The number of phenols is 1.